The van der Waals surface area contributed by atoms with Crippen molar-refractivity contribution in [3.8, 4) is 5.75 Å². The van der Waals surface area contributed by atoms with Crippen LogP contribution in [0.1, 0.15) is 25.3 Å². The van der Waals surface area contributed by atoms with Crippen molar-refractivity contribution < 1.29 is 9.53 Å². The highest BCUT2D eigenvalue weighted by atomic mass is 16.5. The Bertz CT molecular complexity index is 486. The molecule has 1 amide bonds. The van der Waals surface area contributed by atoms with Gasteiger partial charge in [-0.05, 0) is 25.5 Å². The molecule has 0 fully saturated rings. The standard InChI is InChI=1S/C17H28N4O2/c1-4-10-19-16(22)9-11-20-17(18-3)21-12-13-23-15-7-5-14(2)6-8-15/h5-8H,4,9-13H2,1-3H3,(H,19,22)(H2,18,20,21). The molecule has 23 heavy (non-hydrogen) atoms. The molecule has 6 nitrogen and oxygen atoms in total. The number of nitrogens with one attached hydrogen (secondary N) is 3. The van der Waals surface area contributed by atoms with E-state index in [0.29, 0.717) is 32.1 Å². The van der Waals surface area contributed by atoms with Crippen LogP contribution in [0.15, 0.2) is 29.3 Å². The van der Waals surface area contributed by atoms with Crippen molar-refractivity contribution in [3.63, 3.8) is 0 Å². The van der Waals surface area contributed by atoms with E-state index in [0.717, 1.165) is 18.7 Å². The number of rotatable bonds is 9. The van der Waals surface area contributed by atoms with Gasteiger partial charge >= 0.3 is 0 Å². The number of carbonyl (C=O) groups excluding carboxylic acids is 1. The summed E-state index contributed by atoms with van der Waals surface area (Å²) in [6.07, 6.45) is 1.38. The van der Waals surface area contributed by atoms with Crippen LogP contribution in [0.25, 0.3) is 0 Å². The Labute approximate surface area is 138 Å². The van der Waals surface area contributed by atoms with Gasteiger partial charge in [0.2, 0.25) is 5.91 Å². The fraction of sp³-hybridized carbons (Fsp3) is 0.529. The molecule has 0 saturated carbocycles. The number of aryl methyl sites for hydroxylation is 1. The van der Waals surface area contributed by atoms with Crippen molar-refractivity contribution in [1.82, 2.24) is 16.0 Å². The summed E-state index contributed by atoms with van der Waals surface area (Å²) in [6.45, 7) is 6.53. The Hall–Kier alpha value is -2.24. The van der Waals surface area contributed by atoms with E-state index in [9.17, 15) is 4.79 Å². The van der Waals surface area contributed by atoms with Gasteiger partial charge in [-0.2, -0.15) is 0 Å². The predicted molar refractivity (Wildman–Crippen MR) is 94.0 cm³/mol. The van der Waals surface area contributed by atoms with Gasteiger partial charge < -0.3 is 20.7 Å². The number of hydrogen-bond donors (Lipinski definition) is 3. The van der Waals surface area contributed by atoms with Crippen LogP contribution in [0.5, 0.6) is 5.75 Å². The predicted octanol–water partition coefficient (Wildman–Crippen LogP) is 1.46. The molecule has 6 heteroatoms. The van der Waals surface area contributed by atoms with Crippen molar-refractivity contribution >= 4 is 11.9 Å². The maximum absolute atomic E-state index is 11.5. The third-order valence-corrected chi connectivity index (χ3v) is 3.12. The molecule has 0 unspecified atom stereocenters. The number of aliphatic imine (C=N–C) groups is 1. The normalized spacial score (nSPS) is 11.0. The van der Waals surface area contributed by atoms with Gasteiger partial charge in [-0.3, -0.25) is 9.79 Å². The van der Waals surface area contributed by atoms with Crippen LogP contribution in [-0.2, 0) is 4.79 Å². The summed E-state index contributed by atoms with van der Waals surface area (Å²) in [5.74, 6) is 1.58. The zero-order valence-corrected chi connectivity index (χ0v) is 14.3. The molecule has 0 saturated heterocycles. The minimum absolute atomic E-state index is 0.0532. The number of nitrogens with zero attached hydrogens (tertiary/aromatic N) is 1. The smallest absolute Gasteiger partial charge is 0.221 e. The number of hydrogen-bond acceptors (Lipinski definition) is 3. The molecular formula is C17H28N4O2. The monoisotopic (exact) mass is 320 g/mol. The van der Waals surface area contributed by atoms with Gasteiger partial charge in [0.25, 0.3) is 0 Å². The number of ether oxygens (including phenoxy) is 1. The lowest BCUT2D eigenvalue weighted by atomic mass is 10.2. The van der Waals surface area contributed by atoms with E-state index >= 15 is 0 Å². The molecule has 0 radical (unpaired) electrons. The zero-order chi connectivity index (χ0) is 16.9. The zero-order valence-electron chi connectivity index (χ0n) is 14.3. The highest BCUT2D eigenvalue weighted by Gasteiger charge is 2.01. The molecule has 0 aromatic heterocycles. The molecule has 1 aromatic rings. The molecule has 0 atom stereocenters. The van der Waals surface area contributed by atoms with Crippen LogP contribution in [-0.4, -0.2) is 45.2 Å². The van der Waals surface area contributed by atoms with Crippen LogP contribution in [0.3, 0.4) is 0 Å². The Morgan fingerprint density at radius 3 is 2.43 bits per heavy atom. The highest BCUT2D eigenvalue weighted by molar-refractivity contribution is 5.81. The van der Waals surface area contributed by atoms with Crippen LogP contribution in [0.4, 0.5) is 0 Å². The fourth-order valence-corrected chi connectivity index (χ4v) is 1.84. The molecule has 0 aliphatic rings. The first-order valence-corrected chi connectivity index (χ1v) is 8.06. The first-order chi connectivity index (χ1) is 11.2. The number of guanidine groups is 1. The van der Waals surface area contributed by atoms with E-state index in [1.54, 1.807) is 7.05 Å². The summed E-state index contributed by atoms with van der Waals surface area (Å²) >= 11 is 0. The van der Waals surface area contributed by atoms with Gasteiger partial charge in [0, 0.05) is 26.6 Å². The maximum Gasteiger partial charge on any atom is 0.221 e. The van der Waals surface area contributed by atoms with Gasteiger partial charge in [-0.15, -0.1) is 0 Å². The summed E-state index contributed by atoms with van der Waals surface area (Å²) in [4.78, 5) is 15.6. The second-order valence-electron chi connectivity index (χ2n) is 5.19. The molecule has 128 valence electrons. The van der Waals surface area contributed by atoms with Crippen molar-refractivity contribution in [2.24, 2.45) is 4.99 Å². The Kier molecular flexibility index (Phi) is 9.28. The highest BCUT2D eigenvalue weighted by Crippen LogP contribution is 2.10. The summed E-state index contributed by atoms with van der Waals surface area (Å²) in [7, 11) is 1.70. The van der Waals surface area contributed by atoms with Crippen LogP contribution in [0, 0.1) is 6.92 Å². The third kappa shape index (κ3) is 8.70. The Morgan fingerprint density at radius 2 is 1.78 bits per heavy atom. The van der Waals surface area contributed by atoms with Gasteiger partial charge in [0.05, 0.1) is 6.54 Å². The molecule has 1 aromatic carbocycles. The molecule has 0 aliphatic heterocycles. The average molecular weight is 320 g/mol. The van der Waals surface area contributed by atoms with E-state index in [1.807, 2.05) is 38.1 Å². The molecule has 0 heterocycles. The number of amides is 1. The minimum atomic E-state index is 0.0532. The Morgan fingerprint density at radius 1 is 1.09 bits per heavy atom. The number of benzene rings is 1. The quantitative estimate of drug-likeness (QED) is 0.366. The second-order valence-corrected chi connectivity index (χ2v) is 5.19. The summed E-state index contributed by atoms with van der Waals surface area (Å²) in [5, 5.41) is 9.09. The molecular weight excluding hydrogens is 292 g/mol. The number of carbonyl (C=O) groups is 1. The van der Waals surface area contributed by atoms with Crippen LogP contribution in [0.2, 0.25) is 0 Å². The lowest BCUT2D eigenvalue weighted by Gasteiger charge is -2.12. The SMILES string of the molecule is CCCNC(=O)CCNC(=NC)NCCOc1ccc(C)cc1. The molecule has 0 aliphatic carbocycles. The first-order valence-electron chi connectivity index (χ1n) is 8.06. The topological polar surface area (TPSA) is 74.8 Å². The molecule has 0 bridgehead atoms. The lowest BCUT2D eigenvalue weighted by molar-refractivity contribution is -0.120. The minimum Gasteiger partial charge on any atom is -0.492 e. The average Bonchev–Trinajstić information content (AvgIpc) is 2.56. The van der Waals surface area contributed by atoms with Crippen molar-refractivity contribution in [1.29, 1.82) is 0 Å². The fourth-order valence-electron chi connectivity index (χ4n) is 1.84. The van der Waals surface area contributed by atoms with Crippen LogP contribution < -0.4 is 20.7 Å². The Balaban J connectivity index is 2.14. The lowest BCUT2D eigenvalue weighted by Crippen LogP contribution is -2.40. The van der Waals surface area contributed by atoms with Crippen molar-refractivity contribution in [2.75, 3.05) is 33.3 Å². The first kappa shape index (κ1) is 18.8. The van der Waals surface area contributed by atoms with Gasteiger partial charge in [0.1, 0.15) is 12.4 Å². The van der Waals surface area contributed by atoms with E-state index in [-0.39, 0.29) is 5.91 Å². The summed E-state index contributed by atoms with van der Waals surface area (Å²) < 4.78 is 5.63. The van der Waals surface area contributed by atoms with E-state index < -0.39 is 0 Å². The third-order valence-electron chi connectivity index (χ3n) is 3.12. The molecule has 1 rings (SSSR count). The summed E-state index contributed by atoms with van der Waals surface area (Å²) in [6, 6.07) is 7.95. The van der Waals surface area contributed by atoms with Gasteiger partial charge in [-0.25, -0.2) is 0 Å². The second kappa shape index (κ2) is 11.3. The van der Waals surface area contributed by atoms with E-state index in [4.69, 9.17) is 4.74 Å². The van der Waals surface area contributed by atoms with Crippen molar-refractivity contribution in [2.45, 2.75) is 26.7 Å². The molecule has 0 spiro atoms. The van der Waals surface area contributed by atoms with E-state index in [2.05, 4.69) is 20.9 Å². The molecule has 3 N–H and O–H groups in total. The van der Waals surface area contributed by atoms with Crippen LogP contribution >= 0.6 is 0 Å². The summed E-state index contributed by atoms with van der Waals surface area (Å²) in [5.41, 5.74) is 1.21. The van der Waals surface area contributed by atoms with Gasteiger partial charge in [0.15, 0.2) is 5.96 Å². The van der Waals surface area contributed by atoms with Gasteiger partial charge in [-0.1, -0.05) is 24.6 Å². The maximum atomic E-state index is 11.5. The largest absolute Gasteiger partial charge is 0.492 e. The van der Waals surface area contributed by atoms with E-state index in [1.165, 1.54) is 5.56 Å². The van der Waals surface area contributed by atoms with Crippen molar-refractivity contribution in [3.05, 3.63) is 29.8 Å².